The van der Waals surface area contributed by atoms with Gasteiger partial charge in [-0.2, -0.15) is 0 Å². The van der Waals surface area contributed by atoms with Gasteiger partial charge in [0, 0.05) is 25.2 Å². The Hall–Kier alpha value is -1.55. The van der Waals surface area contributed by atoms with E-state index < -0.39 is 6.10 Å². The lowest BCUT2D eigenvalue weighted by molar-refractivity contribution is 0.168. The normalized spacial score (nSPS) is 23.2. The minimum Gasteiger partial charge on any atom is -0.388 e. The Kier molecular flexibility index (Phi) is 4.44. The van der Waals surface area contributed by atoms with Crippen molar-refractivity contribution in [3.63, 3.8) is 0 Å². The molecule has 1 fully saturated rings. The summed E-state index contributed by atoms with van der Waals surface area (Å²) in [6, 6.07) is 7.88. The highest BCUT2D eigenvalue weighted by Gasteiger charge is 2.28. The number of nitrogens with zero attached hydrogens (tertiary/aromatic N) is 2. The van der Waals surface area contributed by atoms with Gasteiger partial charge in [-0.25, -0.2) is 4.79 Å². The number of benzene rings is 1. The van der Waals surface area contributed by atoms with Crippen molar-refractivity contribution in [3.8, 4) is 0 Å². The summed E-state index contributed by atoms with van der Waals surface area (Å²) in [6.07, 6.45) is 5.75. The Balaban J connectivity index is 1.86. The molecule has 2 amide bonds. The van der Waals surface area contributed by atoms with Crippen LogP contribution in [0.15, 0.2) is 24.3 Å². The summed E-state index contributed by atoms with van der Waals surface area (Å²) < 4.78 is 0. The molecule has 0 radical (unpaired) electrons. The van der Waals surface area contributed by atoms with Gasteiger partial charge in [-0.05, 0) is 31.7 Å². The Morgan fingerprint density at radius 1 is 1.00 bits per heavy atom. The summed E-state index contributed by atoms with van der Waals surface area (Å²) in [5.74, 6) is 0. The SMILES string of the molecule is O=C(N1CCCCCC1)N1CCCC(O)c2ccccc21. The third-order valence-electron chi connectivity index (χ3n) is 4.55. The van der Waals surface area contributed by atoms with Gasteiger partial charge in [0.15, 0.2) is 0 Å². The lowest BCUT2D eigenvalue weighted by atomic mass is 10.0. The molecule has 4 heteroatoms. The molecule has 1 aromatic rings. The first-order valence-corrected chi connectivity index (χ1v) is 8.11. The standard InChI is InChI=1S/C17H24N2O2/c20-16-10-7-13-19(15-9-4-3-8-14(15)16)17(21)18-11-5-1-2-6-12-18/h3-4,8-9,16,20H,1-2,5-7,10-13H2. The maximum atomic E-state index is 12.9. The number of anilines is 1. The van der Waals surface area contributed by atoms with E-state index in [1.165, 1.54) is 12.8 Å². The van der Waals surface area contributed by atoms with E-state index in [4.69, 9.17) is 0 Å². The summed E-state index contributed by atoms with van der Waals surface area (Å²) in [5.41, 5.74) is 1.77. The van der Waals surface area contributed by atoms with Crippen molar-refractivity contribution in [3.05, 3.63) is 29.8 Å². The fourth-order valence-corrected chi connectivity index (χ4v) is 3.37. The van der Waals surface area contributed by atoms with Crippen LogP contribution in [0, 0.1) is 0 Å². The third-order valence-corrected chi connectivity index (χ3v) is 4.55. The summed E-state index contributed by atoms with van der Waals surface area (Å²) in [6.45, 7) is 2.42. The highest BCUT2D eigenvalue weighted by Crippen LogP contribution is 2.33. The Morgan fingerprint density at radius 3 is 2.48 bits per heavy atom. The van der Waals surface area contributed by atoms with E-state index in [0.29, 0.717) is 6.54 Å². The van der Waals surface area contributed by atoms with Gasteiger partial charge in [0.2, 0.25) is 0 Å². The number of aliphatic hydroxyl groups excluding tert-OH is 1. The van der Waals surface area contributed by atoms with Gasteiger partial charge in [-0.3, -0.25) is 4.90 Å². The predicted molar refractivity (Wildman–Crippen MR) is 83.4 cm³/mol. The van der Waals surface area contributed by atoms with Gasteiger partial charge in [-0.15, -0.1) is 0 Å². The third kappa shape index (κ3) is 3.05. The molecule has 3 rings (SSSR count). The number of likely N-dealkylation sites (tertiary alicyclic amines) is 1. The van der Waals surface area contributed by atoms with Gasteiger partial charge in [-0.1, -0.05) is 31.0 Å². The Labute approximate surface area is 126 Å². The van der Waals surface area contributed by atoms with Crippen molar-refractivity contribution < 1.29 is 9.90 Å². The van der Waals surface area contributed by atoms with E-state index >= 15 is 0 Å². The predicted octanol–water partition coefficient (Wildman–Crippen LogP) is 3.32. The summed E-state index contributed by atoms with van der Waals surface area (Å²) in [7, 11) is 0. The molecular weight excluding hydrogens is 264 g/mol. The molecule has 0 saturated carbocycles. The summed E-state index contributed by atoms with van der Waals surface area (Å²) in [4.78, 5) is 16.8. The minimum absolute atomic E-state index is 0.110. The van der Waals surface area contributed by atoms with Crippen molar-refractivity contribution in [2.24, 2.45) is 0 Å². The van der Waals surface area contributed by atoms with Gasteiger partial charge < -0.3 is 10.0 Å². The van der Waals surface area contributed by atoms with Crippen molar-refractivity contribution in [2.75, 3.05) is 24.5 Å². The molecule has 1 saturated heterocycles. The first-order chi connectivity index (χ1) is 10.3. The lowest BCUT2D eigenvalue weighted by Crippen LogP contribution is -2.44. The average molecular weight is 288 g/mol. The first kappa shape index (κ1) is 14.4. The largest absolute Gasteiger partial charge is 0.388 e. The minimum atomic E-state index is -0.455. The van der Waals surface area contributed by atoms with Crippen LogP contribution in [0.1, 0.15) is 50.2 Å². The second-order valence-corrected chi connectivity index (χ2v) is 6.05. The van der Waals surface area contributed by atoms with Crippen molar-refractivity contribution in [2.45, 2.75) is 44.6 Å². The molecule has 0 aliphatic carbocycles. The van der Waals surface area contributed by atoms with Crippen LogP contribution in [0.5, 0.6) is 0 Å². The fraction of sp³-hybridized carbons (Fsp3) is 0.588. The van der Waals surface area contributed by atoms with Crippen LogP contribution in [0.25, 0.3) is 0 Å². The molecule has 0 bridgehead atoms. The zero-order chi connectivity index (χ0) is 14.7. The number of hydrogen-bond donors (Lipinski definition) is 1. The van der Waals surface area contributed by atoms with E-state index in [9.17, 15) is 9.90 Å². The summed E-state index contributed by atoms with van der Waals surface area (Å²) in [5, 5.41) is 10.2. The van der Waals surface area contributed by atoms with Crippen molar-refractivity contribution in [1.29, 1.82) is 0 Å². The smallest absolute Gasteiger partial charge is 0.324 e. The molecule has 1 N–H and O–H groups in total. The second-order valence-electron chi connectivity index (χ2n) is 6.05. The number of rotatable bonds is 0. The Morgan fingerprint density at radius 2 is 1.71 bits per heavy atom. The van der Waals surface area contributed by atoms with Crippen LogP contribution in [0.4, 0.5) is 10.5 Å². The van der Waals surface area contributed by atoms with E-state index in [-0.39, 0.29) is 6.03 Å². The molecule has 1 atom stereocenters. The molecule has 4 nitrogen and oxygen atoms in total. The van der Waals surface area contributed by atoms with Crippen LogP contribution in [-0.2, 0) is 0 Å². The van der Waals surface area contributed by atoms with Crippen LogP contribution in [-0.4, -0.2) is 35.7 Å². The number of urea groups is 1. The highest BCUT2D eigenvalue weighted by molar-refractivity contribution is 5.93. The average Bonchev–Trinajstić information content (AvgIpc) is 2.87. The summed E-state index contributed by atoms with van der Waals surface area (Å²) >= 11 is 0. The topological polar surface area (TPSA) is 43.8 Å². The Bertz CT molecular complexity index is 495. The first-order valence-electron chi connectivity index (χ1n) is 8.11. The van der Waals surface area contributed by atoms with Gasteiger partial charge in [0.25, 0.3) is 0 Å². The van der Waals surface area contributed by atoms with Crippen LogP contribution in [0.2, 0.25) is 0 Å². The number of amides is 2. The van der Waals surface area contributed by atoms with Gasteiger partial charge in [0.05, 0.1) is 11.8 Å². The van der Waals surface area contributed by atoms with Crippen molar-refractivity contribution in [1.82, 2.24) is 4.90 Å². The molecule has 1 aromatic carbocycles. The molecule has 2 aliphatic rings. The number of carbonyl (C=O) groups is 1. The molecule has 114 valence electrons. The zero-order valence-corrected chi connectivity index (χ0v) is 12.5. The molecule has 0 aromatic heterocycles. The highest BCUT2D eigenvalue weighted by atomic mass is 16.3. The second kappa shape index (κ2) is 6.48. The van der Waals surface area contributed by atoms with E-state index in [2.05, 4.69) is 0 Å². The quantitative estimate of drug-likeness (QED) is 0.796. The monoisotopic (exact) mass is 288 g/mol. The number of carbonyl (C=O) groups excluding carboxylic acids is 1. The van der Waals surface area contributed by atoms with E-state index in [1.54, 1.807) is 0 Å². The molecule has 2 heterocycles. The maximum absolute atomic E-state index is 12.9. The molecular formula is C17H24N2O2. The lowest BCUT2D eigenvalue weighted by Gasteiger charge is -2.30. The van der Waals surface area contributed by atoms with E-state index in [1.807, 2.05) is 34.1 Å². The number of fused-ring (bicyclic) bond motifs is 1. The zero-order valence-electron chi connectivity index (χ0n) is 12.5. The van der Waals surface area contributed by atoms with Crippen LogP contribution < -0.4 is 4.90 Å². The maximum Gasteiger partial charge on any atom is 0.324 e. The fourth-order valence-electron chi connectivity index (χ4n) is 3.37. The van der Waals surface area contributed by atoms with Gasteiger partial charge >= 0.3 is 6.03 Å². The molecule has 0 spiro atoms. The van der Waals surface area contributed by atoms with Crippen LogP contribution in [0.3, 0.4) is 0 Å². The molecule has 1 unspecified atom stereocenters. The number of para-hydroxylation sites is 1. The van der Waals surface area contributed by atoms with E-state index in [0.717, 1.165) is 50.0 Å². The number of hydrogen-bond acceptors (Lipinski definition) is 2. The molecule has 2 aliphatic heterocycles. The molecule has 21 heavy (non-hydrogen) atoms. The number of aliphatic hydroxyl groups is 1. The van der Waals surface area contributed by atoms with Crippen molar-refractivity contribution >= 4 is 11.7 Å². The van der Waals surface area contributed by atoms with Gasteiger partial charge in [0.1, 0.15) is 0 Å². The van der Waals surface area contributed by atoms with Crippen LogP contribution >= 0.6 is 0 Å².